The van der Waals surface area contributed by atoms with E-state index in [-0.39, 0.29) is 18.3 Å². The third-order valence-electron chi connectivity index (χ3n) is 4.80. The SMILES string of the molecule is COCc1c(C(=O)NCCCn2ccc3ccccc32)sc2cccc(F)c12. The summed E-state index contributed by atoms with van der Waals surface area (Å²) in [6.07, 6.45) is 2.88. The van der Waals surface area contributed by atoms with Gasteiger partial charge in [-0.2, -0.15) is 0 Å². The normalized spacial score (nSPS) is 11.4. The zero-order valence-electron chi connectivity index (χ0n) is 15.6. The molecule has 0 spiro atoms. The Hall–Kier alpha value is -2.70. The highest BCUT2D eigenvalue weighted by molar-refractivity contribution is 7.21. The Bertz CT molecular complexity index is 1130. The molecule has 0 bridgehead atoms. The van der Waals surface area contributed by atoms with Crippen LogP contribution in [0.4, 0.5) is 4.39 Å². The third kappa shape index (κ3) is 3.53. The summed E-state index contributed by atoms with van der Waals surface area (Å²) in [6, 6.07) is 15.2. The number of hydrogen-bond donors (Lipinski definition) is 1. The number of aryl methyl sites for hydroxylation is 1. The summed E-state index contributed by atoms with van der Waals surface area (Å²) < 4.78 is 22.4. The Labute approximate surface area is 166 Å². The van der Waals surface area contributed by atoms with Gasteiger partial charge in [0, 0.05) is 47.6 Å². The van der Waals surface area contributed by atoms with Crippen molar-refractivity contribution in [3.8, 4) is 0 Å². The molecule has 2 heterocycles. The van der Waals surface area contributed by atoms with Crippen LogP contribution in [0.5, 0.6) is 0 Å². The molecule has 4 rings (SSSR count). The monoisotopic (exact) mass is 396 g/mol. The summed E-state index contributed by atoms with van der Waals surface area (Å²) in [4.78, 5) is 13.2. The van der Waals surface area contributed by atoms with Crippen molar-refractivity contribution in [1.29, 1.82) is 0 Å². The van der Waals surface area contributed by atoms with E-state index in [0.29, 0.717) is 22.4 Å². The molecule has 4 nitrogen and oxygen atoms in total. The van der Waals surface area contributed by atoms with E-state index >= 15 is 0 Å². The minimum atomic E-state index is -0.320. The number of carbonyl (C=O) groups excluding carboxylic acids is 1. The fraction of sp³-hybridized carbons (Fsp3) is 0.227. The molecular weight excluding hydrogens is 375 g/mol. The van der Waals surface area contributed by atoms with Crippen molar-refractivity contribution in [2.45, 2.75) is 19.6 Å². The number of para-hydroxylation sites is 1. The van der Waals surface area contributed by atoms with E-state index in [4.69, 9.17) is 4.74 Å². The van der Waals surface area contributed by atoms with Crippen LogP contribution < -0.4 is 5.32 Å². The number of nitrogens with zero attached hydrogens (tertiary/aromatic N) is 1. The number of carbonyl (C=O) groups is 1. The van der Waals surface area contributed by atoms with E-state index in [9.17, 15) is 9.18 Å². The Kier molecular flexibility index (Phi) is 5.41. The lowest BCUT2D eigenvalue weighted by molar-refractivity contribution is 0.0952. The maximum absolute atomic E-state index is 14.3. The fourth-order valence-corrected chi connectivity index (χ4v) is 4.64. The fourth-order valence-electron chi connectivity index (χ4n) is 3.50. The summed E-state index contributed by atoms with van der Waals surface area (Å²) in [5.74, 6) is -0.496. The minimum Gasteiger partial charge on any atom is -0.380 e. The molecule has 0 saturated carbocycles. The lowest BCUT2D eigenvalue weighted by Crippen LogP contribution is -2.25. The van der Waals surface area contributed by atoms with E-state index in [1.807, 2.05) is 18.2 Å². The molecule has 0 aliphatic rings. The van der Waals surface area contributed by atoms with Gasteiger partial charge in [0.1, 0.15) is 5.82 Å². The van der Waals surface area contributed by atoms with Crippen molar-refractivity contribution in [3.05, 3.63) is 71.0 Å². The minimum absolute atomic E-state index is 0.176. The second-order valence-electron chi connectivity index (χ2n) is 6.63. The highest BCUT2D eigenvalue weighted by Crippen LogP contribution is 2.33. The van der Waals surface area contributed by atoms with Gasteiger partial charge in [-0.25, -0.2) is 4.39 Å². The Morgan fingerprint density at radius 1 is 1.18 bits per heavy atom. The van der Waals surface area contributed by atoms with Crippen LogP contribution in [0.3, 0.4) is 0 Å². The number of methoxy groups -OCH3 is 1. The number of hydrogen-bond acceptors (Lipinski definition) is 3. The quantitative estimate of drug-likeness (QED) is 0.449. The van der Waals surface area contributed by atoms with E-state index < -0.39 is 0 Å². The zero-order valence-corrected chi connectivity index (χ0v) is 16.4. The molecule has 0 radical (unpaired) electrons. The Balaban J connectivity index is 1.44. The zero-order chi connectivity index (χ0) is 19.5. The average Bonchev–Trinajstić information content (AvgIpc) is 3.28. The van der Waals surface area contributed by atoms with E-state index in [2.05, 4.69) is 34.3 Å². The second-order valence-corrected chi connectivity index (χ2v) is 7.69. The molecule has 0 fully saturated rings. The number of thiophene rings is 1. The van der Waals surface area contributed by atoms with Crippen molar-refractivity contribution in [2.24, 2.45) is 0 Å². The third-order valence-corrected chi connectivity index (χ3v) is 6.00. The lowest BCUT2D eigenvalue weighted by atomic mass is 10.1. The number of fused-ring (bicyclic) bond motifs is 2. The van der Waals surface area contributed by atoms with Crippen LogP contribution >= 0.6 is 11.3 Å². The number of nitrogens with one attached hydrogen (secondary N) is 1. The van der Waals surface area contributed by atoms with E-state index in [0.717, 1.165) is 17.7 Å². The number of rotatable bonds is 7. The summed E-state index contributed by atoms with van der Waals surface area (Å²) in [5.41, 5.74) is 1.81. The largest absolute Gasteiger partial charge is 0.380 e. The van der Waals surface area contributed by atoms with Crippen molar-refractivity contribution in [3.63, 3.8) is 0 Å². The van der Waals surface area contributed by atoms with Gasteiger partial charge < -0.3 is 14.6 Å². The first-order valence-electron chi connectivity index (χ1n) is 9.20. The average molecular weight is 396 g/mol. The highest BCUT2D eigenvalue weighted by Gasteiger charge is 2.20. The van der Waals surface area contributed by atoms with Crippen LogP contribution in [0.15, 0.2) is 54.7 Å². The van der Waals surface area contributed by atoms with Crippen LogP contribution in [-0.4, -0.2) is 24.1 Å². The van der Waals surface area contributed by atoms with Crippen LogP contribution in [0, 0.1) is 5.82 Å². The molecular formula is C22H21FN2O2S. The Morgan fingerprint density at radius 2 is 2.04 bits per heavy atom. The van der Waals surface area contributed by atoms with Gasteiger partial charge in [0.25, 0.3) is 5.91 Å². The number of benzene rings is 2. The molecule has 6 heteroatoms. The molecule has 0 aliphatic heterocycles. The summed E-state index contributed by atoms with van der Waals surface area (Å²) in [7, 11) is 1.55. The predicted molar refractivity (Wildman–Crippen MR) is 111 cm³/mol. The van der Waals surface area contributed by atoms with E-state index in [1.54, 1.807) is 13.2 Å². The summed E-state index contributed by atoms with van der Waals surface area (Å²) in [5, 5.41) is 4.66. The molecule has 0 aliphatic carbocycles. The lowest BCUT2D eigenvalue weighted by Gasteiger charge is -2.08. The first kappa shape index (κ1) is 18.7. The van der Waals surface area contributed by atoms with Gasteiger partial charge in [0.2, 0.25) is 0 Å². The molecule has 1 N–H and O–H groups in total. The van der Waals surface area contributed by atoms with Gasteiger partial charge in [0.05, 0.1) is 11.5 Å². The smallest absolute Gasteiger partial charge is 0.261 e. The van der Waals surface area contributed by atoms with Crippen molar-refractivity contribution in [2.75, 3.05) is 13.7 Å². The maximum Gasteiger partial charge on any atom is 0.261 e. The second kappa shape index (κ2) is 8.12. The maximum atomic E-state index is 14.3. The van der Waals surface area contributed by atoms with Gasteiger partial charge in [0.15, 0.2) is 0 Å². The number of aromatic nitrogens is 1. The predicted octanol–water partition coefficient (Wildman–Crippen LogP) is 4.96. The summed E-state index contributed by atoms with van der Waals surface area (Å²) >= 11 is 1.31. The number of amides is 1. The Morgan fingerprint density at radius 3 is 2.89 bits per heavy atom. The number of halogens is 1. The molecule has 1 amide bonds. The molecule has 28 heavy (non-hydrogen) atoms. The topological polar surface area (TPSA) is 43.3 Å². The van der Waals surface area contributed by atoms with Gasteiger partial charge in [-0.15, -0.1) is 11.3 Å². The molecule has 4 aromatic rings. The highest BCUT2D eigenvalue weighted by atomic mass is 32.1. The van der Waals surface area contributed by atoms with Crippen LogP contribution in [-0.2, 0) is 17.9 Å². The molecule has 0 saturated heterocycles. The van der Waals surface area contributed by atoms with Crippen molar-refractivity contribution in [1.82, 2.24) is 9.88 Å². The molecule has 2 aromatic carbocycles. The van der Waals surface area contributed by atoms with Crippen LogP contribution in [0.2, 0.25) is 0 Å². The van der Waals surface area contributed by atoms with Crippen LogP contribution in [0.25, 0.3) is 21.0 Å². The molecule has 0 atom stereocenters. The van der Waals surface area contributed by atoms with Gasteiger partial charge >= 0.3 is 0 Å². The molecule has 2 aromatic heterocycles. The van der Waals surface area contributed by atoms with Gasteiger partial charge in [-0.3, -0.25) is 4.79 Å². The molecule has 0 unspecified atom stereocenters. The standard InChI is InChI=1S/C22H21FN2O2S/c1-27-14-16-20-17(23)7-4-9-19(20)28-21(16)22(26)24-11-5-12-25-13-10-15-6-2-3-8-18(15)25/h2-4,6-10,13H,5,11-12,14H2,1H3,(H,24,26). The van der Waals surface area contributed by atoms with Crippen LogP contribution in [0.1, 0.15) is 21.7 Å². The van der Waals surface area contributed by atoms with Crippen molar-refractivity contribution >= 4 is 38.2 Å². The van der Waals surface area contributed by atoms with Gasteiger partial charge in [-0.05, 0) is 36.1 Å². The molecule has 144 valence electrons. The first-order valence-corrected chi connectivity index (χ1v) is 10.0. The summed E-state index contributed by atoms with van der Waals surface area (Å²) in [6.45, 7) is 1.58. The van der Waals surface area contributed by atoms with E-state index in [1.165, 1.54) is 28.3 Å². The van der Waals surface area contributed by atoms with Crippen molar-refractivity contribution < 1.29 is 13.9 Å². The van der Waals surface area contributed by atoms with Gasteiger partial charge in [-0.1, -0.05) is 24.3 Å². The number of ether oxygens (including phenoxy) is 1. The first-order chi connectivity index (χ1) is 13.7.